The van der Waals surface area contributed by atoms with E-state index in [1.54, 1.807) is 7.11 Å². The fourth-order valence-corrected chi connectivity index (χ4v) is 7.81. The number of rotatable bonds is 25. The predicted molar refractivity (Wildman–Crippen MR) is 201 cm³/mol. The van der Waals surface area contributed by atoms with Gasteiger partial charge in [0, 0.05) is 32.3 Å². The SMILES string of the molecule is COCCOCCOCCOCCOCCOCCOc1cccc(CN2C[C@]3(CC[C@](c4ccccc4)(N(C)C)CC3)N(CC3CCC3)C2=O)c1. The summed E-state index contributed by atoms with van der Waals surface area (Å²) in [6.07, 6.45) is 7.87. The summed E-state index contributed by atoms with van der Waals surface area (Å²) in [6.45, 7) is 8.52. The molecule has 290 valence electrons. The summed E-state index contributed by atoms with van der Waals surface area (Å²) in [5.41, 5.74) is 2.36. The Morgan fingerprint density at radius 3 is 1.83 bits per heavy atom. The smallest absolute Gasteiger partial charge is 0.320 e. The molecule has 2 aromatic carbocycles. The van der Waals surface area contributed by atoms with E-state index < -0.39 is 0 Å². The number of urea groups is 1. The number of hydrogen-bond acceptors (Lipinski definition) is 9. The van der Waals surface area contributed by atoms with Gasteiger partial charge >= 0.3 is 6.03 Å². The number of benzene rings is 2. The van der Waals surface area contributed by atoms with Crippen LogP contribution in [0, 0.1) is 5.92 Å². The summed E-state index contributed by atoms with van der Waals surface area (Å²) >= 11 is 0. The van der Waals surface area contributed by atoms with Crippen molar-refractivity contribution in [3.8, 4) is 5.75 Å². The van der Waals surface area contributed by atoms with Gasteiger partial charge in [-0.15, -0.1) is 0 Å². The normalized spacial score (nSPS) is 22.1. The standard InChI is InChI=1S/C41H63N3O8/c1-42(2)41(37-12-5-4-6-13-37)17-15-40(16-18-41)34-43(39(45)44(40)33-35-9-7-10-35)32-36-11-8-14-38(31-36)52-30-29-51-28-27-50-26-25-49-24-23-48-22-21-47-20-19-46-3/h4-6,8,11-14,31,35H,7,9-10,15-30,32-34H2,1-3H3/t40-,41+. The van der Waals surface area contributed by atoms with Gasteiger partial charge in [-0.2, -0.15) is 0 Å². The highest BCUT2D eigenvalue weighted by atomic mass is 16.6. The number of methoxy groups -OCH3 is 1. The van der Waals surface area contributed by atoms with Gasteiger partial charge in [-0.1, -0.05) is 48.9 Å². The maximum Gasteiger partial charge on any atom is 0.320 e. The summed E-state index contributed by atoms with van der Waals surface area (Å²) in [7, 11) is 6.07. The molecule has 11 nitrogen and oxygen atoms in total. The Morgan fingerprint density at radius 2 is 1.29 bits per heavy atom. The second-order valence-electron chi connectivity index (χ2n) is 14.6. The van der Waals surface area contributed by atoms with Gasteiger partial charge in [0.05, 0.1) is 78.2 Å². The van der Waals surface area contributed by atoms with Gasteiger partial charge < -0.3 is 43.0 Å². The Kier molecular flexibility index (Phi) is 16.5. The first-order valence-electron chi connectivity index (χ1n) is 19.3. The zero-order valence-electron chi connectivity index (χ0n) is 31.9. The van der Waals surface area contributed by atoms with Crippen LogP contribution in [0.3, 0.4) is 0 Å². The van der Waals surface area contributed by atoms with Crippen LogP contribution >= 0.6 is 0 Å². The van der Waals surface area contributed by atoms with Crippen molar-refractivity contribution in [1.29, 1.82) is 0 Å². The molecule has 3 aliphatic rings. The zero-order valence-corrected chi connectivity index (χ0v) is 31.9. The van der Waals surface area contributed by atoms with Gasteiger partial charge in [-0.3, -0.25) is 4.90 Å². The minimum Gasteiger partial charge on any atom is -0.491 e. The van der Waals surface area contributed by atoms with E-state index in [-0.39, 0.29) is 17.1 Å². The largest absolute Gasteiger partial charge is 0.491 e. The number of amides is 2. The van der Waals surface area contributed by atoms with Crippen LogP contribution < -0.4 is 4.74 Å². The molecule has 0 unspecified atom stereocenters. The Morgan fingerprint density at radius 1 is 0.712 bits per heavy atom. The molecule has 0 atom stereocenters. The summed E-state index contributed by atoms with van der Waals surface area (Å²) in [4.78, 5) is 20.9. The maximum atomic E-state index is 14.1. The second kappa shape index (κ2) is 21.2. The zero-order chi connectivity index (χ0) is 36.5. The Hall–Kier alpha value is -2.77. The van der Waals surface area contributed by atoms with Crippen LogP contribution in [0.5, 0.6) is 5.75 Å². The maximum absolute atomic E-state index is 14.1. The van der Waals surface area contributed by atoms with E-state index in [1.807, 2.05) is 12.1 Å². The lowest BCUT2D eigenvalue weighted by Crippen LogP contribution is -2.56. The second-order valence-corrected chi connectivity index (χ2v) is 14.6. The quantitative estimate of drug-likeness (QED) is 0.121. The molecular formula is C41H63N3O8. The lowest BCUT2D eigenvalue weighted by Gasteiger charge is -2.51. The van der Waals surface area contributed by atoms with Crippen LogP contribution in [0.4, 0.5) is 4.79 Å². The van der Waals surface area contributed by atoms with Crippen molar-refractivity contribution in [2.75, 3.05) is 114 Å². The molecule has 0 radical (unpaired) electrons. The molecule has 11 heteroatoms. The molecule has 0 aromatic heterocycles. The van der Waals surface area contributed by atoms with Crippen molar-refractivity contribution < 1.29 is 38.0 Å². The molecule has 2 aromatic rings. The van der Waals surface area contributed by atoms with Crippen molar-refractivity contribution in [3.63, 3.8) is 0 Å². The molecule has 1 aliphatic heterocycles. The summed E-state index contributed by atoms with van der Waals surface area (Å²) in [5, 5.41) is 0. The minimum atomic E-state index is -0.113. The Labute approximate surface area is 311 Å². The van der Waals surface area contributed by atoms with Crippen molar-refractivity contribution in [3.05, 3.63) is 65.7 Å². The van der Waals surface area contributed by atoms with E-state index >= 15 is 0 Å². The summed E-state index contributed by atoms with van der Waals surface area (Å²) in [5.74, 6) is 1.43. The van der Waals surface area contributed by atoms with E-state index in [4.69, 9.17) is 33.2 Å². The Bertz CT molecular complexity index is 1300. The van der Waals surface area contributed by atoms with Gasteiger partial charge in [0.25, 0.3) is 0 Å². The van der Waals surface area contributed by atoms with Gasteiger partial charge in [-0.05, 0) is 81.8 Å². The fraction of sp³-hybridized carbons (Fsp3) is 0.683. The van der Waals surface area contributed by atoms with E-state index in [9.17, 15) is 4.79 Å². The highest BCUT2D eigenvalue weighted by Crippen LogP contribution is 2.49. The third-order valence-electron chi connectivity index (χ3n) is 11.1. The van der Waals surface area contributed by atoms with Gasteiger partial charge in [-0.25, -0.2) is 4.79 Å². The third-order valence-corrected chi connectivity index (χ3v) is 11.1. The molecule has 1 saturated heterocycles. The van der Waals surface area contributed by atoms with Crippen molar-refractivity contribution >= 4 is 6.03 Å². The first-order valence-corrected chi connectivity index (χ1v) is 19.3. The van der Waals surface area contributed by atoms with Gasteiger partial charge in [0.2, 0.25) is 0 Å². The first kappa shape index (κ1) is 40.4. The van der Waals surface area contributed by atoms with Crippen LogP contribution in [0.2, 0.25) is 0 Å². The fourth-order valence-electron chi connectivity index (χ4n) is 7.81. The number of nitrogens with zero attached hydrogens (tertiary/aromatic N) is 3. The Balaban J connectivity index is 1.000. The van der Waals surface area contributed by atoms with E-state index in [0.717, 1.165) is 50.1 Å². The average molecular weight is 726 g/mol. The highest BCUT2D eigenvalue weighted by molar-refractivity contribution is 5.78. The minimum absolute atomic E-state index is 0.000522. The molecule has 0 N–H and O–H groups in total. The van der Waals surface area contributed by atoms with Crippen LogP contribution in [0.15, 0.2) is 54.6 Å². The molecule has 2 amide bonds. The lowest BCUT2D eigenvalue weighted by atomic mass is 9.68. The van der Waals surface area contributed by atoms with Crippen molar-refractivity contribution in [2.45, 2.75) is 62.6 Å². The topological polar surface area (TPSA) is 91.4 Å². The average Bonchev–Trinajstić information content (AvgIpc) is 3.38. The molecule has 5 rings (SSSR count). The monoisotopic (exact) mass is 725 g/mol. The summed E-state index contributed by atoms with van der Waals surface area (Å²) in [6, 6.07) is 19.3. The van der Waals surface area contributed by atoms with Crippen molar-refractivity contribution in [2.24, 2.45) is 5.92 Å². The number of carbonyl (C=O) groups is 1. The van der Waals surface area contributed by atoms with E-state index in [2.05, 4.69) is 71.3 Å². The van der Waals surface area contributed by atoms with Gasteiger partial charge in [0.1, 0.15) is 12.4 Å². The van der Waals surface area contributed by atoms with Crippen LogP contribution in [0.25, 0.3) is 0 Å². The molecule has 2 aliphatic carbocycles. The lowest BCUT2D eigenvalue weighted by molar-refractivity contribution is -0.0159. The molecule has 0 bridgehead atoms. The van der Waals surface area contributed by atoms with Crippen LogP contribution in [0.1, 0.15) is 56.1 Å². The van der Waals surface area contributed by atoms with Crippen LogP contribution in [-0.2, 0) is 40.5 Å². The molecule has 1 spiro atoms. The number of ether oxygens (including phenoxy) is 7. The summed E-state index contributed by atoms with van der Waals surface area (Å²) < 4.78 is 38.6. The van der Waals surface area contributed by atoms with E-state index in [0.29, 0.717) is 91.7 Å². The highest BCUT2D eigenvalue weighted by Gasteiger charge is 2.54. The molecular weight excluding hydrogens is 662 g/mol. The molecule has 1 heterocycles. The molecule has 2 saturated carbocycles. The molecule has 3 fully saturated rings. The van der Waals surface area contributed by atoms with Gasteiger partial charge in [0.15, 0.2) is 0 Å². The van der Waals surface area contributed by atoms with E-state index in [1.165, 1.54) is 24.8 Å². The van der Waals surface area contributed by atoms with Crippen molar-refractivity contribution in [1.82, 2.24) is 14.7 Å². The predicted octanol–water partition coefficient (Wildman–Crippen LogP) is 5.60. The third kappa shape index (κ3) is 11.4. The first-order chi connectivity index (χ1) is 25.5. The number of carbonyl (C=O) groups excluding carboxylic acids is 1. The van der Waals surface area contributed by atoms with Crippen LogP contribution in [-0.4, -0.2) is 140 Å². The molecule has 52 heavy (non-hydrogen) atoms. The number of hydrogen-bond donors (Lipinski definition) is 0.